The quantitative estimate of drug-likeness (QED) is 0.784. The normalized spacial score (nSPS) is 10.4. The molecule has 3 nitrogen and oxygen atoms in total. The Morgan fingerprint density at radius 3 is 2.83 bits per heavy atom. The molecule has 0 saturated carbocycles. The molecule has 2 aromatic rings. The van der Waals surface area contributed by atoms with Crippen LogP contribution >= 0.6 is 11.6 Å². The fourth-order valence-electron chi connectivity index (χ4n) is 1.69. The highest BCUT2D eigenvalue weighted by molar-refractivity contribution is 6.28. The first-order valence-electron chi connectivity index (χ1n) is 5.93. The van der Waals surface area contributed by atoms with E-state index in [1.54, 1.807) is 6.20 Å². The molecule has 0 radical (unpaired) electrons. The SMILES string of the molecule is CCCOc1ccccc1-c1nc(Cl)ncc1C. The van der Waals surface area contributed by atoms with Crippen LogP contribution in [-0.2, 0) is 0 Å². The number of aromatic nitrogens is 2. The monoisotopic (exact) mass is 262 g/mol. The van der Waals surface area contributed by atoms with Gasteiger partial charge in [0.1, 0.15) is 5.75 Å². The molecular weight excluding hydrogens is 248 g/mol. The van der Waals surface area contributed by atoms with Gasteiger partial charge in [0, 0.05) is 11.8 Å². The number of hydrogen-bond acceptors (Lipinski definition) is 3. The van der Waals surface area contributed by atoms with Gasteiger partial charge in [-0.2, -0.15) is 0 Å². The molecule has 0 spiro atoms. The highest BCUT2D eigenvalue weighted by Gasteiger charge is 2.10. The summed E-state index contributed by atoms with van der Waals surface area (Å²) in [5.74, 6) is 0.831. The Balaban J connectivity index is 2.46. The average molecular weight is 263 g/mol. The Morgan fingerprint density at radius 2 is 2.06 bits per heavy atom. The van der Waals surface area contributed by atoms with Gasteiger partial charge in [-0.3, -0.25) is 0 Å². The van der Waals surface area contributed by atoms with Crippen molar-refractivity contribution in [3.05, 3.63) is 41.3 Å². The molecule has 18 heavy (non-hydrogen) atoms. The molecule has 2 rings (SSSR count). The third kappa shape index (κ3) is 2.79. The lowest BCUT2D eigenvalue weighted by atomic mass is 10.1. The Kier molecular flexibility index (Phi) is 4.15. The first kappa shape index (κ1) is 12.8. The van der Waals surface area contributed by atoms with Crippen molar-refractivity contribution in [3.8, 4) is 17.0 Å². The molecule has 0 aliphatic rings. The predicted molar refractivity (Wildman–Crippen MR) is 73.0 cm³/mol. The van der Waals surface area contributed by atoms with Crippen LogP contribution in [0.3, 0.4) is 0 Å². The van der Waals surface area contributed by atoms with E-state index in [-0.39, 0.29) is 5.28 Å². The fourth-order valence-corrected chi connectivity index (χ4v) is 1.83. The van der Waals surface area contributed by atoms with Crippen molar-refractivity contribution in [1.29, 1.82) is 0 Å². The summed E-state index contributed by atoms with van der Waals surface area (Å²) in [6.45, 7) is 4.73. The van der Waals surface area contributed by atoms with E-state index in [0.29, 0.717) is 6.61 Å². The predicted octanol–water partition coefficient (Wildman–Crippen LogP) is 3.89. The molecular formula is C14H15ClN2O. The smallest absolute Gasteiger partial charge is 0.222 e. The van der Waals surface area contributed by atoms with E-state index in [2.05, 4.69) is 16.9 Å². The third-order valence-corrected chi connectivity index (χ3v) is 2.73. The van der Waals surface area contributed by atoms with Gasteiger partial charge in [-0.05, 0) is 42.6 Å². The van der Waals surface area contributed by atoms with Crippen molar-refractivity contribution in [3.63, 3.8) is 0 Å². The highest BCUT2D eigenvalue weighted by atomic mass is 35.5. The highest BCUT2D eigenvalue weighted by Crippen LogP contribution is 2.30. The minimum absolute atomic E-state index is 0.251. The van der Waals surface area contributed by atoms with Gasteiger partial charge in [0.2, 0.25) is 5.28 Å². The van der Waals surface area contributed by atoms with Crippen LogP contribution in [0, 0.1) is 6.92 Å². The van der Waals surface area contributed by atoms with E-state index in [1.807, 2.05) is 31.2 Å². The molecule has 0 N–H and O–H groups in total. The van der Waals surface area contributed by atoms with Crippen LogP contribution in [0.4, 0.5) is 0 Å². The summed E-state index contributed by atoms with van der Waals surface area (Å²) < 4.78 is 5.73. The summed E-state index contributed by atoms with van der Waals surface area (Å²) in [5, 5.41) is 0.251. The topological polar surface area (TPSA) is 35.0 Å². The minimum atomic E-state index is 0.251. The first-order chi connectivity index (χ1) is 8.72. The molecule has 0 aliphatic heterocycles. The molecule has 0 saturated heterocycles. The van der Waals surface area contributed by atoms with Crippen LogP contribution in [-0.4, -0.2) is 16.6 Å². The summed E-state index contributed by atoms with van der Waals surface area (Å²) >= 11 is 5.86. The Morgan fingerprint density at radius 1 is 1.28 bits per heavy atom. The number of ether oxygens (including phenoxy) is 1. The second kappa shape index (κ2) is 5.83. The number of nitrogens with zero attached hydrogens (tertiary/aromatic N) is 2. The first-order valence-corrected chi connectivity index (χ1v) is 6.31. The fraction of sp³-hybridized carbons (Fsp3) is 0.286. The Hall–Kier alpha value is -1.61. The Labute approximate surface area is 112 Å². The summed E-state index contributed by atoms with van der Waals surface area (Å²) in [6.07, 6.45) is 2.69. The second-order valence-electron chi connectivity index (χ2n) is 4.02. The van der Waals surface area contributed by atoms with Crippen LogP contribution in [0.25, 0.3) is 11.3 Å². The van der Waals surface area contributed by atoms with Crippen LogP contribution in [0.5, 0.6) is 5.75 Å². The molecule has 1 heterocycles. The van der Waals surface area contributed by atoms with Crippen LogP contribution in [0.1, 0.15) is 18.9 Å². The maximum Gasteiger partial charge on any atom is 0.222 e. The summed E-state index contributed by atoms with van der Waals surface area (Å²) in [6, 6.07) is 7.84. The maximum absolute atomic E-state index is 5.86. The van der Waals surface area contributed by atoms with Gasteiger partial charge < -0.3 is 4.74 Å². The lowest BCUT2D eigenvalue weighted by Crippen LogP contribution is -1.99. The number of benzene rings is 1. The standard InChI is InChI=1S/C14H15ClN2O/c1-3-8-18-12-7-5-4-6-11(12)13-10(2)9-16-14(15)17-13/h4-7,9H,3,8H2,1-2H3. The zero-order chi connectivity index (χ0) is 13.0. The number of halogens is 1. The van der Waals surface area contributed by atoms with E-state index in [1.165, 1.54) is 0 Å². The van der Waals surface area contributed by atoms with Crippen molar-refractivity contribution < 1.29 is 4.74 Å². The van der Waals surface area contributed by atoms with Crippen LogP contribution in [0.15, 0.2) is 30.5 Å². The van der Waals surface area contributed by atoms with Crippen molar-refractivity contribution in [2.24, 2.45) is 0 Å². The lowest BCUT2D eigenvalue weighted by molar-refractivity contribution is 0.318. The van der Waals surface area contributed by atoms with E-state index in [0.717, 1.165) is 29.0 Å². The summed E-state index contributed by atoms with van der Waals surface area (Å²) in [5.41, 5.74) is 2.75. The molecule has 0 bridgehead atoms. The average Bonchev–Trinajstić information content (AvgIpc) is 2.39. The molecule has 1 aromatic heterocycles. The van der Waals surface area contributed by atoms with Gasteiger partial charge in [0.05, 0.1) is 12.3 Å². The van der Waals surface area contributed by atoms with Crippen molar-refractivity contribution in [2.45, 2.75) is 20.3 Å². The second-order valence-corrected chi connectivity index (χ2v) is 4.35. The van der Waals surface area contributed by atoms with E-state index < -0.39 is 0 Å². The number of hydrogen-bond donors (Lipinski definition) is 0. The number of aryl methyl sites for hydroxylation is 1. The zero-order valence-corrected chi connectivity index (χ0v) is 11.2. The van der Waals surface area contributed by atoms with Crippen molar-refractivity contribution in [2.75, 3.05) is 6.61 Å². The van der Waals surface area contributed by atoms with E-state index in [4.69, 9.17) is 16.3 Å². The molecule has 0 fully saturated rings. The van der Waals surface area contributed by atoms with Gasteiger partial charge in [0.25, 0.3) is 0 Å². The maximum atomic E-state index is 5.86. The van der Waals surface area contributed by atoms with Crippen molar-refractivity contribution >= 4 is 11.6 Å². The van der Waals surface area contributed by atoms with Gasteiger partial charge in [0.15, 0.2) is 0 Å². The zero-order valence-electron chi connectivity index (χ0n) is 10.5. The van der Waals surface area contributed by atoms with Crippen LogP contribution in [0.2, 0.25) is 5.28 Å². The van der Waals surface area contributed by atoms with Gasteiger partial charge in [-0.25, -0.2) is 9.97 Å². The third-order valence-electron chi connectivity index (χ3n) is 2.55. The van der Waals surface area contributed by atoms with Crippen LogP contribution < -0.4 is 4.74 Å². The summed E-state index contributed by atoms with van der Waals surface area (Å²) in [7, 11) is 0. The molecule has 0 amide bonds. The summed E-state index contributed by atoms with van der Waals surface area (Å²) in [4.78, 5) is 8.26. The molecule has 94 valence electrons. The van der Waals surface area contributed by atoms with Gasteiger partial charge >= 0.3 is 0 Å². The lowest BCUT2D eigenvalue weighted by Gasteiger charge is -2.11. The van der Waals surface area contributed by atoms with E-state index in [9.17, 15) is 0 Å². The largest absolute Gasteiger partial charge is 0.493 e. The number of para-hydroxylation sites is 1. The van der Waals surface area contributed by atoms with Gasteiger partial charge in [-0.1, -0.05) is 19.1 Å². The molecule has 0 atom stereocenters. The molecule has 0 aliphatic carbocycles. The Bertz CT molecular complexity index is 543. The molecule has 0 unspecified atom stereocenters. The molecule has 4 heteroatoms. The van der Waals surface area contributed by atoms with Crippen molar-refractivity contribution in [1.82, 2.24) is 9.97 Å². The molecule has 1 aromatic carbocycles. The van der Waals surface area contributed by atoms with E-state index >= 15 is 0 Å². The minimum Gasteiger partial charge on any atom is -0.493 e. The van der Waals surface area contributed by atoms with Gasteiger partial charge in [-0.15, -0.1) is 0 Å². The number of rotatable bonds is 4.